The van der Waals surface area contributed by atoms with Crippen molar-refractivity contribution < 1.29 is 19.5 Å². The molecule has 1 atom stereocenters. The molecule has 0 aliphatic heterocycles. The average Bonchev–Trinajstić information content (AvgIpc) is 2.88. The summed E-state index contributed by atoms with van der Waals surface area (Å²) in [6.07, 6.45) is 0.0480. The van der Waals surface area contributed by atoms with Gasteiger partial charge in [0, 0.05) is 23.9 Å². The van der Waals surface area contributed by atoms with E-state index in [1.54, 1.807) is 30.7 Å². The van der Waals surface area contributed by atoms with Crippen LogP contribution in [0.1, 0.15) is 30.6 Å². The largest absolute Gasteiger partial charge is 0.480 e. The van der Waals surface area contributed by atoms with Crippen molar-refractivity contribution >= 4 is 29.1 Å². The van der Waals surface area contributed by atoms with Gasteiger partial charge in [-0.3, -0.25) is 9.59 Å². The molecule has 110 valence electrons. The van der Waals surface area contributed by atoms with Gasteiger partial charge in [0.05, 0.1) is 0 Å². The minimum absolute atomic E-state index is 0.0480. The van der Waals surface area contributed by atoms with Gasteiger partial charge >= 0.3 is 5.97 Å². The van der Waals surface area contributed by atoms with Gasteiger partial charge in [0.2, 0.25) is 5.91 Å². The summed E-state index contributed by atoms with van der Waals surface area (Å²) in [5.74, 6) is -1.89. The summed E-state index contributed by atoms with van der Waals surface area (Å²) in [6, 6.07) is 0.786. The molecule has 1 rings (SSSR count). The second kappa shape index (κ2) is 7.64. The van der Waals surface area contributed by atoms with Crippen molar-refractivity contribution in [3.05, 3.63) is 22.4 Å². The maximum Gasteiger partial charge on any atom is 0.326 e. The standard InChI is InChI=1S/C13H18N2O4S/c1-8(2)11(13(18)19)15-10(16)3-5-14-12(17)9-4-6-20-7-9/h4,6-8,11H,3,5H2,1-2H3,(H,14,17)(H,15,16)(H,18,19)/t11-/m0/s1. The minimum Gasteiger partial charge on any atom is -0.480 e. The summed E-state index contributed by atoms with van der Waals surface area (Å²) >= 11 is 1.42. The van der Waals surface area contributed by atoms with E-state index in [0.717, 1.165) is 0 Å². The lowest BCUT2D eigenvalue weighted by atomic mass is 10.0. The third-order valence-corrected chi connectivity index (χ3v) is 3.35. The molecular weight excluding hydrogens is 280 g/mol. The highest BCUT2D eigenvalue weighted by molar-refractivity contribution is 7.08. The lowest BCUT2D eigenvalue weighted by molar-refractivity contribution is -0.143. The van der Waals surface area contributed by atoms with Crippen molar-refractivity contribution in [2.75, 3.05) is 6.54 Å². The third-order valence-electron chi connectivity index (χ3n) is 2.67. The summed E-state index contributed by atoms with van der Waals surface area (Å²) in [7, 11) is 0. The Morgan fingerprint density at radius 1 is 1.35 bits per heavy atom. The van der Waals surface area contributed by atoms with Gasteiger partial charge in [-0.15, -0.1) is 0 Å². The summed E-state index contributed by atoms with van der Waals surface area (Å²) in [5.41, 5.74) is 0.556. The van der Waals surface area contributed by atoms with E-state index in [2.05, 4.69) is 10.6 Å². The second-order valence-electron chi connectivity index (χ2n) is 4.65. The van der Waals surface area contributed by atoms with Crippen LogP contribution in [0, 0.1) is 5.92 Å². The van der Waals surface area contributed by atoms with Crippen LogP contribution in [-0.2, 0) is 9.59 Å². The van der Waals surface area contributed by atoms with Gasteiger partial charge in [0.1, 0.15) is 6.04 Å². The number of carboxylic acid groups (broad SMARTS) is 1. The van der Waals surface area contributed by atoms with Gasteiger partial charge in [0.15, 0.2) is 0 Å². The van der Waals surface area contributed by atoms with Crippen LogP contribution in [0.2, 0.25) is 0 Å². The molecule has 3 N–H and O–H groups in total. The normalized spacial score (nSPS) is 11.9. The van der Waals surface area contributed by atoms with Crippen molar-refractivity contribution in [2.45, 2.75) is 26.3 Å². The van der Waals surface area contributed by atoms with E-state index in [0.29, 0.717) is 5.56 Å². The minimum atomic E-state index is -1.06. The zero-order chi connectivity index (χ0) is 15.1. The molecular formula is C13H18N2O4S. The first-order valence-corrected chi connectivity index (χ1v) is 7.18. The van der Waals surface area contributed by atoms with E-state index in [4.69, 9.17) is 5.11 Å². The molecule has 0 bridgehead atoms. The molecule has 6 nitrogen and oxygen atoms in total. The molecule has 0 aliphatic rings. The molecule has 0 aromatic carbocycles. The van der Waals surface area contributed by atoms with E-state index >= 15 is 0 Å². The monoisotopic (exact) mass is 298 g/mol. The number of aliphatic carboxylic acids is 1. The summed E-state index contributed by atoms with van der Waals surface area (Å²) in [5, 5.41) is 17.5. The van der Waals surface area contributed by atoms with Gasteiger partial charge in [-0.05, 0) is 17.4 Å². The van der Waals surface area contributed by atoms with Gasteiger partial charge in [-0.25, -0.2) is 4.79 Å². The van der Waals surface area contributed by atoms with Crippen LogP contribution < -0.4 is 10.6 Å². The molecule has 1 heterocycles. The molecule has 0 saturated carbocycles. The SMILES string of the molecule is CC(C)[C@H](NC(=O)CCNC(=O)c1ccsc1)C(=O)O. The molecule has 2 amide bonds. The van der Waals surface area contributed by atoms with Crippen molar-refractivity contribution in [3.63, 3.8) is 0 Å². The Kier molecular flexibility index (Phi) is 6.17. The zero-order valence-corrected chi connectivity index (χ0v) is 12.2. The highest BCUT2D eigenvalue weighted by Crippen LogP contribution is 2.05. The van der Waals surface area contributed by atoms with Gasteiger partial charge < -0.3 is 15.7 Å². The van der Waals surface area contributed by atoms with Crippen LogP contribution in [0.25, 0.3) is 0 Å². The molecule has 1 aromatic heterocycles. The zero-order valence-electron chi connectivity index (χ0n) is 11.4. The van der Waals surface area contributed by atoms with Gasteiger partial charge in [-0.2, -0.15) is 11.3 Å². The Morgan fingerprint density at radius 2 is 2.05 bits per heavy atom. The molecule has 0 fully saturated rings. The maximum absolute atomic E-state index is 11.6. The predicted molar refractivity (Wildman–Crippen MR) is 75.7 cm³/mol. The number of carbonyl (C=O) groups is 3. The Labute approximate surface area is 121 Å². The molecule has 0 spiro atoms. The number of hydrogen-bond donors (Lipinski definition) is 3. The summed E-state index contributed by atoms with van der Waals surface area (Å²) in [6.45, 7) is 3.61. The number of thiophene rings is 1. The van der Waals surface area contributed by atoms with Crippen LogP contribution in [0.3, 0.4) is 0 Å². The maximum atomic E-state index is 11.6. The van der Waals surface area contributed by atoms with Crippen LogP contribution >= 0.6 is 11.3 Å². The molecule has 1 aromatic rings. The van der Waals surface area contributed by atoms with Gasteiger partial charge in [-0.1, -0.05) is 13.8 Å². The fourth-order valence-corrected chi connectivity index (χ4v) is 2.18. The highest BCUT2D eigenvalue weighted by Gasteiger charge is 2.23. The number of carbonyl (C=O) groups excluding carboxylic acids is 2. The van der Waals surface area contributed by atoms with E-state index < -0.39 is 17.9 Å². The molecule has 7 heteroatoms. The first-order chi connectivity index (χ1) is 9.41. The second-order valence-corrected chi connectivity index (χ2v) is 5.43. The van der Waals surface area contributed by atoms with Gasteiger partial charge in [0.25, 0.3) is 5.91 Å². The average molecular weight is 298 g/mol. The quantitative estimate of drug-likeness (QED) is 0.702. The van der Waals surface area contributed by atoms with E-state index in [-0.39, 0.29) is 24.8 Å². The van der Waals surface area contributed by atoms with Crippen LogP contribution in [-0.4, -0.2) is 35.5 Å². The molecule has 0 unspecified atom stereocenters. The van der Waals surface area contributed by atoms with Crippen molar-refractivity contribution in [1.29, 1.82) is 0 Å². The fourth-order valence-electron chi connectivity index (χ4n) is 1.54. The predicted octanol–water partition coefficient (Wildman–Crippen LogP) is 1.09. The summed E-state index contributed by atoms with van der Waals surface area (Å²) < 4.78 is 0. The molecule has 20 heavy (non-hydrogen) atoms. The Morgan fingerprint density at radius 3 is 2.55 bits per heavy atom. The van der Waals surface area contributed by atoms with E-state index in [1.807, 2.05) is 0 Å². The first kappa shape index (κ1) is 16.2. The van der Waals surface area contributed by atoms with E-state index in [1.165, 1.54) is 11.3 Å². The van der Waals surface area contributed by atoms with Crippen LogP contribution in [0.4, 0.5) is 0 Å². The Balaban J connectivity index is 2.33. The third kappa shape index (κ3) is 5.00. The molecule has 0 aliphatic carbocycles. The molecule has 0 radical (unpaired) electrons. The lowest BCUT2D eigenvalue weighted by Gasteiger charge is -2.17. The van der Waals surface area contributed by atoms with Crippen LogP contribution in [0.15, 0.2) is 16.8 Å². The number of nitrogens with one attached hydrogen (secondary N) is 2. The smallest absolute Gasteiger partial charge is 0.326 e. The number of amides is 2. The van der Waals surface area contributed by atoms with Crippen molar-refractivity contribution in [1.82, 2.24) is 10.6 Å². The Hall–Kier alpha value is -1.89. The van der Waals surface area contributed by atoms with Crippen LogP contribution in [0.5, 0.6) is 0 Å². The number of rotatable bonds is 7. The number of carboxylic acids is 1. The fraction of sp³-hybridized carbons (Fsp3) is 0.462. The van der Waals surface area contributed by atoms with Crippen molar-refractivity contribution in [3.8, 4) is 0 Å². The highest BCUT2D eigenvalue weighted by atomic mass is 32.1. The topological polar surface area (TPSA) is 95.5 Å². The summed E-state index contributed by atoms with van der Waals surface area (Å²) in [4.78, 5) is 34.1. The first-order valence-electron chi connectivity index (χ1n) is 6.24. The van der Waals surface area contributed by atoms with Crippen molar-refractivity contribution in [2.24, 2.45) is 5.92 Å². The number of hydrogen-bond acceptors (Lipinski definition) is 4. The van der Waals surface area contributed by atoms with E-state index in [9.17, 15) is 14.4 Å². The Bertz CT molecular complexity index is 471. The lowest BCUT2D eigenvalue weighted by Crippen LogP contribution is -2.45. The molecule has 0 saturated heterocycles.